The van der Waals surface area contributed by atoms with Crippen LogP contribution in [0.1, 0.15) is 25.7 Å². The van der Waals surface area contributed by atoms with E-state index in [1.165, 1.54) is 30.4 Å². The number of piperidine rings is 1. The normalized spacial score (nSPS) is 22.3. The SMILES string of the molecule is CN1CCC(N(C)CCOC2=C(Br)CCC=C2)CC1. The van der Waals surface area contributed by atoms with Crippen molar-refractivity contribution in [3.05, 3.63) is 22.4 Å². The lowest BCUT2D eigenvalue weighted by Crippen LogP contribution is -2.42. The third-order valence-corrected chi connectivity index (χ3v) is 4.87. The van der Waals surface area contributed by atoms with Crippen LogP contribution in [-0.4, -0.2) is 56.2 Å². The zero-order valence-electron chi connectivity index (χ0n) is 12.1. The molecule has 1 saturated heterocycles. The molecule has 0 unspecified atom stereocenters. The number of hydrogen-bond acceptors (Lipinski definition) is 3. The van der Waals surface area contributed by atoms with Gasteiger partial charge in [0.1, 0.15) is 12.4 Å². The Balaban J connectivity index is 1.69. The fourth-order valence-electron chi connectivity index (χ4n) is 2.66. The largest absolute Gasteiger partial charge is 0.491 e. The van der Waals surface area contributed by atoms with Gasteiger partial charge in [0.2, 0.25) is 0 Å². The van der Waals surface area contributed by atoms with Gasteiger partial charge in [-0.3, -0.25) is 4.90 Å². The molecule has 0 aromatic rings. The summed E-state index contributed by atoms with van der Waals surface area (Å²) < 4.78 is 7.08. The highest BCUT2D eigenvalue weighted by molar-refractivity contribution is 9.11. The lowest BCUT2D eigenvalue weighted by molar-refractivity contribution is 0.111. The van der Waals surface area contributed by atoms with Crippen molar-refractivity contribution in [3.63, 3.8) is 0 Å². The first-order valence-corrected chi connectivity index (χ1v) is 8.03. The Kier molecular flexibility index (Phi) is 5.92. The molecular weight excluding hydrogens is 304 g/mol. The van der Waals surface area contributed by atoms with E-state index in [9.17, 15) is 0 Å². The highest BCUT2D eigenvalue weighted by Crippen LogP contribution is 2.24. The van der Waals surface area contributed by atoms with Gasteiger partial charge < -0.3 is 9.64 Å². The van der Waals surface area contributed by atoms with E-state index >= 15 is 0 Å². The maximum absolute atomic E-state index is 5.87. The summed E-state index contributed by atoms with van der Waals surface area (Å²) in [7, 11) is 4.43. The Hall–Kier alpha value is -0.320. The van der Waals surface area contributed by atoms with Crippen LogP contribution in [0, 0.1) is 0 Å². The molecule has 0 N–H and O–H groups in total. The van der Waals surface area contributed by atoms with E-state index in [1.54, 1.807) is 0 Å². The van der Waals surface area contributed by atoms with Gasteiger partial charge in [-0.15, -0.1) is 0 Å². The van der Waals surface area contributed by atoms with E-state index in [0.29, 0.717) is 0 Å². The molecule has 3 nitrogen and oxygen atoms in total. The topological polar surface area (TPSA) is 15.7 Å². The van der Waals surface area contributed by atoms with Gasteiger partial charge >= 0.3 is 0 Å². The van der Waals surface area contributed by atoms with Gasteiger partial charge in [-0.1, -0.05) is 22.0 Å². The quantitative estimate of drug-likeness (QED) is 0.771. The van der Waals surface area contributed by atoms with Crippen LogP contribution in [0.2, 0.25) is 0 Å². The average Bonchev–Trinajstić information content (AvgIpc) is 2.41. The minimum Gasteiger partial charge on any atom is -0.491 e. The number of allylic oxidation sites excluding steroid dienone is 3. The van der Waals surface area contributed by atoms with Gasteiger partial charge in [-0.25, -0.2) is 0 Å². The van der Waals surface area contributed by atoms with Crippen molar-refractivity contribution in [3.8, 4) is 0 Å². The molecule has 108 valence electrons. The van der Waals surface area contributed by atoms with E-state index in [0.717, 1.165) is 37.8 Å². The van der Waals surface area contributed by atoms with Crippen LogP contribution in [-0.2, 0) is 4.74 Å². The number of nitrogens with zero attached hydrogens (tertiary/aromatic N) is 2. The van der Waals surface area contributed by atoms with Gasteiger partial charge in [0.15, 0.2) is 0 Å². The van der Waals surface area contributed by atoms with Crippen molar-refractivity contribution >= 4 is 15.9 Å². The van der Waals surface area contributed by atoms with E-state index < -0.39 is 0 Å². The van der Waals surface area contributed by atoms with E-state index in [2.05, 4.69) is 52.0 Å². The van der Waals surface area contributed by atoms with E-state index in [4.69, 9.17) is 4.74 Å². The summed E-state index contributed by atoms with van der Waals surface area (Å²) in [5.74, 6) is 1.02. The van der Waals surface area contributed by atoms with Crippen LogP contribution in [0.15, 0.2) is 22.4 Å². The first kappa shape index (κ1) is 15.1. The fourth-order valence-corrected chi connectivity index (χ4v) is 3.13. The molecule has 0 bridgehead atoms. The van der Waals surface area contributed by atoms with Crippen LogP contribution in [0.5, 0.6) is 0 Å². The second-order valence-electron chi connectivity index (χ2n) is 5.57. The predicted octanol–water partition coefficient (Wildman–Crippen LogP) is 2.99. The Morgan fingerprint density at radius 3 is 2.84 bits per heavy atom. The molecule has 0 radical (unpaired) electrons. The van der Waals surface area contributed by atoms with Crippen LogP contribution < -0.4 is 0 Å². The van der Waals surface area contributed by atoms with Crippen molar-refractivity contribution in [2.75, 3.05) is 40.3 Å². The summed E-state index contributed by atoms with van der Waals surface area (Å²) in [5.41, 5.74) is 0. The summed E-state index contributed by atoms with van der Waals surface area (Å²) in [5, 5.41) is 0. The third-order valence-electron chi connectivity index (χ3n) is 4.08. The lowest BCUT2D eigenvalue weighted by atomic mass is 10.0. The molecule has 0 saturated carbocycles. The smallest absolute Gasteiger partial charge is 0.129 e. The van der Waals surface area contributed by atoms with Crippen LogP contribution in [0.4, 0.5) is 0 Å². The van der Waals surface area contributed by atoms with Crippen LogP contribution in [0.25, 0.3) is 0 Å². The third kappa shape index (κ3) is 4.62. The van der Waals surface area contributed by atoms with Crippen molar-refractivity contribution in [1.82, 2.24) is 9.80 Å². The standard InChI is InChI=1S/C15H25BrN2O/c1-17-9-7-13(8-10-17)18(2)11-12-19-15-6-4-3-5-14(15)16/h4,6,13H,3,5,7-12H2,1-2H3. The zero-order valence-corrected chi connectivity index (χ0v) is 13.7. The van der Waals surface area contributed by atoms with Gasteiger partial charge in [0.05, 0.1) is 0 Å². The molecule has 4 heteroatoms. The molecule has 0 aromatic heterocycles. The summed E-state index contributed by atoms with van der Waals surface area (Å²) in [6.07, 6.45) is 9.00. The predicted molar refractivity (Wildman–Crippen MR) is 83.4 cm³/mol. The minimum atomic E-state index is 0.721. The second kappa shape index (κ2) is 7.46. The molecule has 0 amide bonds. The second-order valence-corrected chi connectivity index (χ2v) is 6.53. The lowest BCUT2D eigenvalue weighted by Gasteiger charge is -2.35. The molecule has 19 heavy (non-hydrogen) atoms. The van der Waals surface area contributed by atoms with Gasteiger partial charge in [0, 0.05) is 17.1 Å². The molecule has 1 aliphatic heterocycles. The zero-order chi connectivity index (χ0) is 13.7. The maximum atomic E-state index is 5.87. The summed E-state index contributed by atoms with van der Waals surface area (Å²) >= 11 is 3.59. The van der Waals surface area contributed by atoms with Crippen molar-refractivity contribution in [2.45, 2.75) is 31.7 Å². The van der Waals surface area contributed by atoms with Crippen molar-refractivity contribution < 1.29 is 4.74 Å². The number of likely N-dealkylation sites (N-methyl/N-ethyl adjacent to an activating group) is 1. The Morgan fingerprint density at radius 2 is 2.16 bits per heavy atom. The Labute approximate surface area is 125 Å². The van der Waals surface area contributed by atoms with E-state index in [1.807, 2.05) is 0 Å². The highest BCUT2D eigenvalue weighted by atomic mass is 79.9. The first-order valence-electron chi connectivity index (χ1n) is 7.23. The Morgan fingerprint density at radius 1 is 1.42 bits per heavy atom. The molecule has 0 aromatic carbocycles. The molecule has 1 heterocycles. The number of ether oxygens (including phenoxy) is 1. The number of halogens is 1. The molecule has 0 spiro atoms. The molecule has 2 aliphatic rings. The summed E-state index contributed by atoms with van der Waals surface area (Å²) in [4.78, 5) is 4.86. The molecule has 0 atom stereocenters. The van der Waals surface area contributed by atoms with Gasteiger partial charge in [-0.2, -0.15) is 0 Å². The Bertz CT molecular complexity index is 346. The van der Waals surface area contributed by atoms with E-state index in [-0.39, 0.29) is 0 Å². The number of hydrogen-bond donors (Lipinski definition) is 0. The van der Waals surface area contributed by atoms with Crippen LogP contribution in [0.3, 0.4) is 0 Å². The average molecular weight is 329 g/mol. The molecule has 2 rings (SSSR count). The first-order chi connectivity index (χ1) is 9.16. The summed E-state index contributed by atoms with van der Waals surface area (Å²) in [6, 6.07) is 0.721. The number of rotatable bonds is 5. The summed E-state index contributed by atoms with van der Waals surface area (Å²) in [6.45, 7) is 4.22. The van der Waals surface area contributed by atoms with Crippen molar-refractivity contribution in [2.24, 2.45) is 0 Å². The minimum absolute atomic E-state index is 0.721. The maximum Gasteiger partial charge on any atom is 0.129 e. The monoisotopic (exact) mass is 328 g/mol. The van der Waals surface area contributed by atoms with Gasteiger partial charge in [0.25, 0.3) is 0 Å². The molecule has 1 aliphatic carbocycles. The molecular formula is C15H25BrN2O. The van der Waals surface area contributed by atoms with Crippen LogP contribution >= 0.6 is 15.9 Å². The fraction of sp³-hybridized carbons (Fsp3) is 0.733. The highest BCUT2D eigenvalue weighted by Gasteiger charge is 2.20. The number of likely N-dealkylation sites (tertiary alicyclic amines) is 1. The van der Waals surface area contributed by atoms with Crippen molar-refractivity contribution in [1.29, 1.82) is 0 Å². The molecule has 1 fully saturated rings. The van der Waals surface area contributed by atoms with Gasteiger partial charge in [-0.05, 0) is 58.9 Å².